The molecule has 172 valence electrons. The maximum Gasteiger partial charge on any atom is 0.490 e. The van der Waals surface area contributed by atoms with Gasteiger partial charge in [0.2, 0.25) is 5.88 Å². The molecule has 2 aromatic rings. The van der Waals surface area contributed by atoms with Crippen LogP contribution < -0.4 is 4.74 Å². The molecule has 4 heterocycles. The van der Waals surface area contributed by atoms with Gasteiger partial charge in [0.05, 0.1) is 11.6 Å². The Balaban J connectivity index is 0.000000360. The molecule has 0 aromatic carbocycles. The number of piperidine rings is 1. The van der Waals surface area contributed by atoms with Gasteiger partial charge in [-0.2, -0.15) is 13.2 Å². The molecule has 4 rings (SSSR count). The van der Waals surface area contributed by atoms with Crippen molar-refractivity contribution in [2.75, 3.05) is 13.2 Å². The fourth-order valence-corrected chi connectivity index (χ4v) is 3.67. The third-order valence-corrected chi connectivity index (χ3v) is 5.06. The summed E-state index contributed by atoms with van der Waals surface area (Å²) in [4.78, 5) is 32.1. The first kappa shape index (κ1) is 23.5. The van der Waals surface area contributed by atoms with E-state index in [1.807, 2.05) is 36.1 Å². The fraction of sp³-hybridized carbons (Fsp3) is 0.429. The van der Waals surface area contributed by atoms with E-state index in [0.717, 1.165) is 18.4 Å². The second-order valence-corrected chi connectivity index (χ2v) is 7.36. The molecular formula is C21H22F3N3O5. The number of pyridine rings is 2. The molecule has 2 aliphatic heterocycles. The van der Waals surface area contributed by atoms with Gasteiger partial charge in [-0.15, -0.1) is 0 Å². The van der Waals surface area contributed by atoms with Gasteiger partial charge in [-0.25, -0.2) is 9.78 Å². The maximum absolute atomic E-state index is 12.9. The normalized spacial score (nSPS) is 22.4. The van der Waals surface area contributed by atoms with E-state index < -0.39 is 12.1 Å². The van der Waals surface area contributed by atoms with Crippen molar-refractivity contribution in [1.82, 2.24) is 14.9 Å². The number of aromatic nitrogens is 2. The van der Waals surface area contributed by atoms with Crippen LogP contribution in [0.15, 0.2) is 42.9 Å². The highest BCUT2D eigenvalue weighted by Gasteiger charge is 2.45. The second kappa shape index (κ2) is 9.94. The lowest BCUT2D eigenvalue weighted by Crippen LogP contribution is -2.56. The number of halogens is 3. The number of hydrogen-bond acceptors (Lipinski definition) is 6. The smallest absolute Gasteiger partial charge is 0.475 e. The summed E-state index contributed by atoms with van der Waals surface area (Å²) in [6.45, 7) is 3.24. The zero-order chi connectivity index (χ0) is 23.3. The quantitative estimate of drug-likeness (QED) is 0.763. The largest absolute Gasteiger partial charge is 0.490 e. The number of ether oxygens (including phenoxy) is 2. The van der Waals surface area contributed by atoms with Gasteiger partial charge in [0.25, 0.3) is 5.91 Å². The molecule has 2 aliphatic rings. The third kappa shape index (κ3) is 5.72. The number of amides is 1. The van der Waals surface area contributed by atoms with Gasteiger partial charge in [0, 0.05) is 44.2 Å². The summed E-state index contributed by atoms with van der Waals surface area (Å²) in [5.41, 5.74) is 1.62. The highest BCUT2D eigenvalue weighted by molar-refractivity contribution is 5.94. The minimum atomic E-state index is -5.08. The number of alkyl halides is 3. The summed E-state index contributed by atoms with van der Waals surface area (Å²) in [5.74, 6) is -2.13. The Morgan fingerprint density at radius 2 is 2.00 bits per heavy atom. The van der Waals surface area contributed by atoms with Crippen LogP contribution in [0.1, 0.15) is 28.8 Å². The molecule has 2 saturated heterocycles. The molecule has 0 saturated carbocycles. The number of carbonyl (C=O) groups is 2. The molecular weight excluding hydrogens is 431 g/mol. The summed E-state index contributed by atoms with van der Waals surface area (Å²) in [6, 6.07) is 7.53. The van der Waals surface area contributed by atoms with E-state index in [2.05, 4.69) is 9.97 Å². The van der Waals surface area contributed by atoms with Crippen LogP contribution in [0.2, 0.25) is 0 Å². The number of nitrogens with zero attached hydrogens (tertiary/aromatic N) is 3. The molecule has 0 bridgehead atoms. The molecule has 0 radical (unpaired) electrons. The molecule has 32 heavy (non-hydrogen) atoms. The Labute approximate surface area is 182 Å². The van der Waals surface area contributed by atoms with E-state index in [9.17, 15) is 18.0 Å². The molecule has 1 amide bonds. The number of aryl methyl sites for hydroxylation is 1. The van der Waals surface area contributed by atoms with Crippen molar-refractivity contribution < 1.29 is 37.3 Å². The van der Waals surface area contributed by atoms with Crippen molar-refractivity contribution >= 4 is 11.9 Å². The zero-order valence-corrected chi connectivity index (χ0v) is 17.2. The summed E-state index contributed by atoms with van der Waals surface area (Å²) in [6.07, 6.45) is 1.38. The van der Waals surface area contributed by atoms with Crippen LogP contribution in [0.5, 0.6) is 5.88 Å². The predicted molar refractivity (Wildman–Crippen MR) is 105 cm³/mol. The lowest BCUT2D eigenvalue weighted by molar-refractivity contribution is -0.192. The molecule has 11 heteroatoms. The number of carbonyl (C=O) groups excluding carboxylic acids is 1. The van der Waals surface area contributed by atoms with E-state index in [4.69, 9.17) is 19.4 Å². The molecule has 0 aliphatic carbocycles. The first-order valence-corrected chi connectivity index (χ1v) is 9.89. The van der Waals surface area contributed by atoms with Crippen molar-refractivity contribution in [2.45, 2.75) is 44.2 Å². The van der Waals surface area contributed by atoms with E-state index >= 15 is 0 Å². The second-order valence-electron chi connectivity index (χ2n) is 7.36. The van der Waals surface area contributed by atoms with Crippen molar-refractivity contribution in [3.63, 3.8) is 0 Å². The van der Waals surface area contributed by atoms with Gasteiger partial charge in [0.15, 0.2) is 0 Å². The first-order valence-electron chi connectivity index (χ1n) is 9.89. The maximum atomic E-state index is 12.9. The van der Waals surface area contributed by atoms with E-state index in [-0.39, 0.29) is 24.2 Å². The van der Waals surface area contributed by atoms with Crippen LogP contribution in [0, 0.1) is 6.92 Å². The minimum absolute atomic E-state index is 0.0213. The number of fused-ring (bicyclic) bond motifs is 1. The highest BCUT2D eigenvalue weighted by Crippen LogP contribution is 2.32. The van der Waals surface area contributed by atoms with E-state index in [0.29, 0.717) is 24.6 Å². The topological polar surface area (TPSA) is 102 Å². The Bertz CT molecular complexity index is 942. The summed E-state index contributed by atoms with van der Waals surface area (Å²) < 4.78 is 43.7. The lowest BCUT2D eigenvalue weighted by Gasteiger charge is -2.40. The average Bonchev–Trinajstić information content (AvgIpc) is 3.24. The third-order valence-electron chi connectivity index (χ3n) is 5.06. The first-order chi connectivity index (χ1) is 15.2. The lowest BCUT2D eigenvalue weighted by atomic mass is 9.94. The van der Waals surface area contributed by atoms with Gasteiger partial charge < -0.3 is 19.5 Å². The molecule has 2 aromatic heterocycles. The van der Waals surface area contributed by atoms with Gasteiger partial charge >= 0.3 is 12.1 Å². The van der Waals surface area contributed by atoms with Crippen LogP contribution in [-0.4, -0.2) is 69.4 Å². The van der Waals surface area contributed by atoms with Crippen LogP contribution >= 0.6 is 0 Å². The van der Waals surface area contributed by atoms with Crippen molar-refractivity contribution in [3.05, 3.63) is 54.0 Å². The number of likely N-dealkylation sites (tertiary alicyclic amines) is 1. The van der Waals surface area contributed by atoms with Crippen molar-refractivity contribution in [2.24, 2.45) is 0 Å². The number of aliphatic carboxylic acids is 1. The van der Waals surface area contributed by atoms with Crippen molar-refractivity contribution in [3.8, 4) is 5.88 Å². The Morgan fingerprint density at radius 1 is 1.25 bits per heavy atom. The average molecular weight is 453 g/mol. The fourth-order valence-electron chi connectivity index (χ4n) is 3.67. The predicted octanol–water partition coefficient (Wildman–Crippen LogP) is 2.87. The van der Waals surface area contributed by atoms with Gasteiger partial charge in [-0.1, -0.05) is 6.07 Å². The monoisotopic (exact) mass is 453 g/mol. The van der Waals surface area contributed by atoms with E-state index in [1.54, 1.807) is 18.6 Å². The van der Waals surface area contributed by atoms with Gasteiger partial charge in [-0.05, 0) is 31.0 Å². The zero-order valence-electron chi connectivity index (χ0n) is 17.2. The number of rotatable bonds is 3. The SMILES string of the molecule is Cc1cncc(C(=O)N2CC[C@@H](Oc3ccccn3)[C@H]3OCC[C@@H]32)c1.O=C(O)C(F)(F)F. The molecule has 2 fully saturated rings. The van der Waals surface area contributed by atoms with Crippen LogP contribution in [0.25, 0.3) is 0 Å². The molecule has 1 N–H and O–H groups in total. The van der Waals surface area contributed by atoms with Crippen LogP contribution in [0.4, 0.5) is 13.2 Å². The molecule has 0 spiro atoms. The summed E-state index contributed by atoms with van der Waals surface area (Å²) >= 11 is 0. The van der Waals surface area contributed by atoms with Crippen LogP contribution in [-0.2, 0) is 9.53 Å². The van der Waals surface area contributed by atoms with Gasteiger partial charge in [-0.3, -0.25) is 9.78 Å². The highest BCUT2D eigenvalue weighted by atomic mass is 19.4. The van der Waals surface area contributed by atoms with Crippen molar-refractivity contribution in [1.29, 1.82) is 0 Å². The molecule has 8 nitrogen and oxygen atoms in total. The summed E-state index contributed by atoms with van der Waals surface area (Å²) in [5, 5.41) is 7.12. The standard InChI is InChI=1S/C19H21N3O3.C2HF3O2/c1-13-10-14(12-20-11-13)19(23)22-8-5-16(18-15(22)6-9-24-18)25-17-4-2-3-7-21-17;3-2(4,5)1(6)7/h2-4,7,10-12,15-16,18H,5-6,8-9H2,1H3;(H,6,7)/t15-,16+,18-;/m0./s1. The van der Waals surface area contributed by atoms with Crippen LogP contribution in [0.3, 0.4) is 0 Å². The Morgan fingerprint density at radius 3 is 2.62 bits per heavy atom. The number of carboxylic acids is 1. The molecule has 3 atom stereocenters. The van der Waals surface area contributed by atoms with E-state index in [1.165, 1.54) is 0 Å². The minimum Gasteiger partial charge on any atom is -0.475 e. The Hall–Kier alpha value is -3.21. The number of hydrogen-bond donors (Lipinski definition) is 1. The number of carboxylic acid groups (broad SMARTS) is 1. The van der Waals surface area contributed by atoms with Gasteiger partial charge in [0.1, 0.15) is 12.2 Å². The Kier molecular flexibility index (Phi) is 7.29. The summed E-state index contributed by atoms with van der Waals surface area (Å²) in [7, 11) is 0. The molecule has 0 unspecified atom stereocenters.